The Bertz CT molecular complexity index is 1050. The van der Waals surface area contributed by atoms with Gasteiger partial charge in [-0.1, -0.05) is 29.8 Å². The van der Waals surface area contributed by atoms with Crippen molar-refractivity contribution in [1.29, 1.82) is 0 Å². The molecule has 142 valence electrons. The number of alkyl halides is 3. The molecule has 0 unspecified atom stereocenters. The van der Waals surface area contributed by atoms with Crippen LogP contribution in [0, 0.1) is 6.92 Å². The molecule has 3 aromatic rings. The maximum absolute atomic E-state index is 13.2. The first kappa shape index (κ1) is 19.1. The molecule has 0 aliphatic carbocycles. The number of nitrogens with zero attached hydrogens (tertiary/aromatic N) is 2. The molecule has 0 N–H and O–H groups in total. The van der Waals surface area contributed by atoms with Gasteiger partial charge in [0.1, 0.15) is 0 Å². The second-order valence-corrected chi connectivity index (χ2v) is 7.52. The molecular weight excluding hydrogens is 381 g/mol. The van der Waals surface area contributed by atoms with Crippen LogP contribution in [-0.4, -0.2) is 25.3 Å². The molecule has 0 atom stereocenters. The molecular formula is C18H15F3N2O3S. The second-order valence-electron chi connectivity index (χ2n) is 5.81. The number of aromatic nitrogens is 2. The fourth-order valence-corrected chi connectivity index (χ4v) is 3.16. The Morgan fingerprint density at radius 1 is 1.00 bits per heavy atom. The molecule has 2 aromatic carbocycles. The van der Waals surface area contributed by atoms with Crippen molar-refractivity contribution in [3.8, 4) is 16.9 Å². The highest BCUT2D eigenvalue weighted by Gasteiger charge is 2.35. The molecule has 3 rings (SSSR count). The summed E-state index contributed by atoms with van der Waals surface area (Å²) in [7, 11) is -2.86. The Morgan fingerprint density at radius 3 is 2.11 bits per heavy atom. The largest absolute Gasteiger partial charge is 0.435 e. The Hall–Kier alpha value is -2.65. The van der Waals surface area contributed by atoms with Crippen molar-refractivity contribution in [1.82, 2.24) is 9.78 Å². The summed E-state index contributed by atoms with van der Waals surface area (Å²) < 4.78 is 68.5. The van der Waals surface area contributed by atoms with Crippen LogP contribution >= 0.6 is 0 Å². The van der Waals surface area contributed by atoms with Gasteiger partial charge >= 0.3 is 6.18 Å². The standard InChI is InChI=1S/C18H15F3N2O3S/c1-12-3-5-13(6-4-12)16-11-17(18(19,20)21)22-23(16)14-7-9-15(10-8-14)27(24,25)26-2/h3-11H,1-2H3. The van der Waals surface area contributed by atoms with Gasteiger partial charge in [0.05, 0.1) is 23.4 Å². The highest BCUT2D eigenvalue weighted by Crippen LogP contribution is 2.33. The Labute approximate surface area is 154 Å². The third-order valence-electron chi connectivity index (χ3n) is 3.94. The summed E-state index contributed by atoms with van der Waals surface area (Å²) >= 11 is 0. The Kier molecular flexibility index (Phi) is 4.83. The fourth-order valence-electron chi connectivity index (χ4n) is 2.50. The van der Waals surface area contributed by atoms with Crippen LogP contribution in [0.15, 0.2) is 59.5 Å². The van der Waals surface area contributed by atoms with E-state index in [1.54, 1.807) is 24.3 Å². The first-order valence-electron chi connectivity index (χ1n) is 7.77. The lowest BCUT2D eigenvalue weighted by Crippen LogP contribution is -2.08. The number of hydrogen-bond donors (Lipinski definition) is 0. The minimum Gasteiger partial charge on any atom is -0.270 e. The topological polar surface area (TPSA) is 61.2 Å². The van der Waals surface area contributed by atoms with Crippen molar-refractivity contribution in [2.75, 3.05) is 7.11 Å². The van der Waals surface area contributed by atoms with Crippen molar-refractivity contribution in [3.05, 3.63) is 65.9 Å². The smallest absolute Gasteiger partial charge is 0.270 e. The number of hydrogen-bond acceptors (Lipinski definition) is 4. The van der Waals surface area contributed by atoms with E-state index in [1.165, 1.54) is 24.3 Å². The lowest BCUT2D eigenvalue weighted by atomic mass is 10.1. The molecule has 0 saturated carbocycles. The molecule has 0 bridgehead atoms. The normalized spacial score (nSPS) is 12.3. The van der Waals surface area contributed by atoms with Crippen LogP contribution in [0.4, 0.5) is 13.2 Å². The average molecular weight is 396 g/mol. The number of halogens is 3. The van der Waals surface area contributed by atoms with Gasteiger partial charge in [-0.3, -0.25) is 4.18 Å². The molecule has 9 heteroatoms. The number of aryl methyl sites for hydroxylation is 1. The summed E-state index contributed by atoms with van der Waals surface area (Å²) in [6.45, 7) is 1.87. The third kappa shape index (κ3) is 3.88. The van der Waals surface area contributed by atoms with E-state index in [4.69, 9.17) is 0 Å². The van der Waals surface area contributed by atoms with Crippen molar-refractivity contribution in [2.45, 2.75) is 18.0 Å². The maximum Gasteiger partial charge on any atom is 0.435 e. The van der Waals surface area contributed by atoms with Crippen LogP contribution in [0.3, 0.4) is 0 Å². The molecule has 0 amide bonds. The molecule has 0 spiro atoms. The second kappa shape index (κ2) is 6.82. The molecule has 1 heterocycles. The zero-order valence-electron chi connectivity index (χ0n) is 14.4. The first-order valence-corrected chi connectivity index (χ1v) is 9.18. The monoisotopic (exact) mass is 396 g/mol. The van der Waals surface area contributed by atoms with Crippen LogP contribution in [-0.2, 0) is 20.5 Å². The highest BCUT2D eigenvalue weighted by atomic mass is 32.2. The van der Waals surface area contributed by atoms with Crippen LogP contribution in [0.2, 0.25) is 0 Å². The van der Waals surface area contributed by atoms with Crippen molar-refractivity contribution in [2.24, 2.45) is 0 Å². The molecule has 27 heavy (non-hydrogen) atoms. The van der Waals surface area contributed by atoms with Gasteiger partial charge in [-0.15, -0.1) is 0 Å². The number of benzene rings is 2. The van der Waals surface area contributed by atoms with E-state index in [1.807, 2.05) is 6.92 Å². The molecule has 0 radical (unpaired) electrons. The molecule has 0 aliphatic rings. The zero-order chi connectivity index (χ0) is 19.8. The molecule has 0 aliphatic heterocycles. The average Bonchev–Trinajstić information content (AvgIpc) is 3.08. The van der Waals surface area contributed by atoms with Gasteiger partial charge in [0.15, 0.2) is 5.69 Å². The van der Waals surface area contributed by atoms with E-state index in [-0.39, 0.29) is 16.3 Å². The summed E-state index contributed by atoms with van der Waals surface area (Å²) in [4.78, 5) is -0.103. The van der Waals surface area contributed by atoms with Gasteiger partial charge < -0.3 is 0 Å². The molecule has 0 saturated heterocycles. The lowest BCUT2D eigenvalue weighted by Gasteiger charge is -2.09. The zero-order valence-corrected chi connectivity index (χ0v) is 15.2. The van der Waals surface area contributed by atoms with Crippen molar-refractivity contribution >= 4 is 10.1 Å². The van der Waals surface area contributed by atoms with E-state index in [2.05, 4.69) is 9.28 Å². The summed E-state index contributed by atoms with van der Waals surface area (Å²) in [5, 5.41) is 3.67. The summed E-state index contributed by atoms with van der Waals surface area (Å²) in [6, 6.07) is 13.2. The van der Waals surface area contributed by atoms with Crippen LogP contribution in [0.5, 0.6) is 0 Å². The van der Waals surface area contributed by atoms with Crippen molar-refractivity contribution in [3.63, 3.8) is 0 Å². The SMILES string of the molecule is COS(=O)(=O)c1ccc(-n2nc(C(F)(F)F)cc2-c2ccc(C)cc2)cc1. The van der Waals surface area contributed by atoms with Gasteiger partial charge in [-0.2, -0.15) is 26.7 Å². The molecule has 1 aromatic heterocycles. The van der Waals surface area contributed by atoms with Crippen LogP contribution in [0.1, 0.15) is 11.3 Å². The predicted molar refractivity (Wildman–Crippen MR) is 92.9 cm³/mol. The van der Waals surface area contributed by atoms with Gasteiger partial charge in [0, 0.05) is 5.56 Å². The summed E-state index contributed by atoms with van der Waals surface area (Å²) in [6.07, 6.45) is -4.61. The maximum atomic E-state index is 13.2. The minimum atomic E-state index is -4.61. The summed E-state index contributed by atoms with van der Waals surface area (Å²) in [5.74, 6) is 0. The minimum absolute atomic E-state index is 0.103. The van der Waals surface area contributed by atoms with E-state index < -0.39 is 22.0 Å². The molecule has 5 nitrogen and oxygen atoms in total. The van der Waals surface area contributed by atoms with E-state index in [0.29, 0.717) is 5.56 Å². The van der Waals surface area contributed by atoms with E-state index in [0.717, 1.165) is 23.4 Å². The van der Waals surface area contributed by atoms with Gasteiger partial charge in [-0.25, -0.2) is 4.68 Å². The van der Waals surface area contributed by atoms with Crippen LogP contribution in [0.25, 0.3) is 16.9 Å². The Balaban J connectivity index is 2.14. The molecule has 0 fully saturated rings. The fraction of sp³-hybridized carbons (Fsp3) is 0.167. The number of rotatable bonds is 4. The van der Waals surface area contributed by atoms with Crippen LogP contribution < -0.4 is 0 Å². The lowest BCUT2D eigenvalue weighted by molar-refractivity contribution is -0.141. The predicted octanol–water partition coefficient (Wildman–Crippen LogP) is 4.20. The third-order valence-corrected chi connectivity index (χ3v) is 5.22. The van der Waals surface area contributed by atoms with E-state index in [9.17, 15) is 21.6 Å². The summed E-state index contributed by atoms with van der Waals surface area (Å²) in [5.41, 5.74) is 1.01. The van der Waals surface area contributed by atoms with Gasteiger partial charge in [0.2, 0.25) is 0 Å². The quantitative estimate of drug-likeness (QED) is 0.620. The van der Waals surface area contributed by atoms with Gasteiger partial charge in [0.25, 0.3) is 10.1 Å². The Morgan fingerprint density at radius 2 is 1.59 bits per heavy atom. The highest BCUT2D eigenvalue weighted by molar-refractivity contribution is 7.86. The first-order chi connectivity index (χ1) is 12.6. The van der Waals surface area contributed by atoms with Gasteiger partial charge in [-0.05, 0) is 37.3 Å². The van der Waals surface area contributed by atoms with E-state index >= 15 is 0 Å². The van der Waals surface area contributed by atoms with Crippen molar-refractivity contribution < 1.29 is 25.8 Å².